The molecule has 0 atom stereocenters. The van der Waals surface area contributed by atoms with Crippen LogP contribution in [-0.2, 0) is 0 Å². The standard InChI is InChI=1S/C7H11ClF2S/c8-7(9,10)11-6-4-2-1-3-5-6/h6H,1-5H2. The SMILES string of the molecule is FC(F)(Cl)SC1CCCCC1. The van der Waals surface area contributed by atoms with Crippen molar-refractivity contribution in [1.82, 2.24) is 0 Å². The first-order valence-corrected chi connectivity index (χ1v) is 5.08. The number of hydrogen-bond acceptors (Lipinski definition) is 1. The quantitative estimate of drug-likeness (QED) is 0.611. The molecule has 1 saturated carbocycles. The van der Waals surface area contributed by atoms with E-state index in [0.717, 1.165) is 25.7 Å². The van der Waals surface area contributed by atoms with Crippen LogP contribution < -0.4 is 0 Å². The summed E-state index contributed by atoms with van der Waals surface area (Å²) in [6, 6.07) is 0. The van der Waals surface area contributed by atoms with E-state index in [-0.39, 0.29) is 5.25 Å². The second-order valence-corrected chi connectivity index (χ2v) is 4.94. The molecule has 0 bridgehead atoms. The first-order chi connectivity index (χ1) is 5.08. The maximum atomic E-state index is 12.2. The normalized spacial score (nSPS) is 22.1. The van der Waals surface area contributed by atoms with E-state index >= 15 is 0 Å². The molecule has 66 valence electrons. The summed E-state index contributed by atoms with van der Waals surface area (Å²) < 4.78 is 21.4. The Morgan fingerprint density at radius 1 is 1.18 bits per heavy atom. The fraction of sp³-hybridized carbons (Fsp3) is 1.00. The molecule has 0 spiro atoms. The predicted octanol–water partition coefficient (Wildman–Crippen LogP) is 3.84. The predicted molar refractivity (Wildman–Crippen MR) is 45.3 cm³/mol. The van der Waals surface area contributed by atoms with Gasteiger partial charge in [-0.1, -0.05) is 31.0 Å². The van der Waals surface area contributed by atoms with Gasteiger partial charge in [0, 0.05) is 5.25 Å². The molecule has 11 heavy (non-hydrogen) atoms. The van der Waals surface area contributed by atoms with E-state index in [1.165, 1.54) is 6.42 Å². The van der Waals surface area contributed by atoms with E-state index < -0.39 is 4.71 Å². The monoisotopic (exact) mass is 200 g/mol. The van der Waals surface area contributed by atoms with Gasteiger partial charge in [-0.15, -0.1) is 0 Å². The highest BCUT2D eigenvalue weighted by molar-refractivity contribution is 8.02. The molecule has 0 saturated heterocycles. The van der Waals surface area contributed by atoms with Crippen molar-refractivity contribution in [1.29, 1.82) is 0 Å². The molecule has 0 radical (unpaired) electrons. The van der Waals surface area contributed by atoms with Crippen molar-refractivity contribution in [2.75, 3.05) is 0 Å². The molecule has 0 unspecified atom stereocenters. The lowest BCUT2D eigenvalue weighted by Gasteiger charge is -2.22. The molecule has 1 rings (SSSR count). The highest BCUT2D eigenvalue weighted by Gasteiger charge is 2.30. The van der Waals surface area contributed by atoms with Gasteiger partial charge < -0.3 is 0 Å². The fourth-order valence-corrected chi connectivity index (χ4v) is 2.70. The van der Waals surface area contributed by atoms with Crippen LogP contribution in [0.4, 0.5) is 8.78 Å². The molecule has 0 aromatic heterocycles. The third-order valence-corrected chi connectivity index (χ3v) is 3.19. The van der Waals surface area contributed by atoms with E-state index in [1.807, 2.05) is 0 Å². The largest absolute Gasteiger partial charge is 0.371 e. The Hall–Kier alpha value is 0.500. The molecule has 0 nitrogen and oxygen atoms in total. The average molecular weight is 201 g/mol. The van der Waals surface area contributed by atoms with E-state index in [1.54, 1.807) is 0 Å². The zero-order chi connectivity index (χ0) is 8.32. The summed E-state index contributed by atoms with van der Waals surface area (Å²) in [7, 11) is 0. The van der Waals surface area contributed by atoms with Crippen molar-refractivity contribution in [3.8, 4) is 0 Å². The van der Waals surface area contributed by atoms with E-state index in [4.69, 9.17) is 11.6 Å². The van der Waals surface area contributed by atoms with Crippen molar-refractivity contribution in [2.24, 2.45) is 0 Å². The highest BCUT2D eigenvalue weighted by atomic mass is 35.5. The number of hydrogen-bond donors (Lipinski definition) is 0. The Balaban J connectivity index is 2.24. The maximum absolute atomic E-state index is 12.2. The smallest absolute Gasteiger partial charge is 0.177 e. The van der Waals surface area contributed by atoms with Crippen LogP contribution >= 0.6 is 23.4 Å². The Kier molecular flexibility index (Phi) is 3.44. The van der Waals surface area contributed by atoms with Crippen LogP contribution in [0.1, 0.15) is 32.1 Å². The zero-order valence-electron chi connectivity index (χ0n) is 6.16. The third kappa shape index (κ3) is 4.16. The number of thioether (sulfide) groups is 1. The number of halogens is 3. The third-order valence-electron chi connectivity index (χ3n) is 1.85. The topological polar surface area (TPSA) is 0 Å². The Morgan fingerprint density at radius 2 is 1.73 bits per heavy atom. The van der Waals surface area contributed by atoms with Crippen LogP contribution in [-0.4, -0.2) is 9.96 Å². The number of alkyl halides is 3. The van der Waals surface area contributed by atoms with Crippen LogP contribution in [0.25, 0.3) is 0 Å². The van der Waals surface area contributed by atoms with Crippen LogP contribution in [0.5, 0.6) is 0 Å². The van der Waals surface area contributed by atoms with Crippen LogP contribution in [0.15, 0.2) is 0 Å². The Morgan fingerprint density at radius 3 is 2.18 bits per heavy atom. The minimum absolute atomic E-state index is 0.0799. The molecule has 0 N–H and O–H groups in total. The second-order valence-electron chi connectivity index (χ2n) is 2.82. The van der Waals surface area contributed by atoms with Gasteiger partial charge in [-0.2, -0.15) is 8.78 Å². The fourth-order valence-electron chi connectivity index (χ4n) is 1.37. The van der Waals surface area contributed by atoms with Crippen molar-refractivity contribution in [3.05, 3.63) is 0 Å². The molecule has 4 heteroatoms. The summed E-state index contributed by atoms with van der Waals surface area (Å²) in [5.41, 5.74) is 0. The first kappa shape index (κ1) is 9.59. The molecule has 0 aromatic carbocycles. The van der Waals surface area contributed by atoms with Crippen molar-refractivity contribution < 1.29 is 8.78 Å². The maximum Gasteiger partial charge on any atom is 0.371 e. The Bertz CT molecular complexity index is 118. The molecule has 0 heterocycles. The zero-order valence-corrected chi connectivity index (χ0v) is 7.73. The van der Waals surface area contributed by atoms with Gasteiger partial charge in [-0.05, 0) is 24.4 Å². The summed E-state index contributed by atoms with van der Waals surface area (Å²) in [6.07, 6.45) is 5.13. The summed E-state index contributed by atoms with van der Waals surface area (Å²) in [6.45, 7) is 0. The number of rotatable bonds is 2. The summed E-state index contributed by atoms with van der Waals surface area (Å²) in [4.78, 5) is 0. The molecule has 1 aliphatic carbocycles. The molecule has 0 aliphatic heterocycles. The van der Waals surface area contributed by atoms with Crippen molar-refractivity contribution >= 4 is 23.4 Å². The van der Waals surface area contributed by atoms with E-state index in [0.29, 0.717) is 11.8 Å². The minimum Gasteiger partial charge on any atom is -0.177 e. The van der Waals surface area contributed by atoms with Gasteiger partial charge in [0.15, 0.2) is 0 Å². The van der Waals surface area contributed by atoms with Gasteiger partial charge in [0.05, 0.1) is 0 Å². The lowest BCUT2D eigenvalue weighted by molar-refractivity contribution is 0.201. The molecule has 0 aromatic rings. The molecule has 1 fully saturated rings. The Labute approximate surface area is 74.7 Å². The van der Waals surface area contributed by atoms with Gasteiger partial charge >= 0.3 is 4.71 Å². The molecular formula is C7H11ClF2S. The lowest BCUT2D eigenvalue weighted by Crippen LogP contribution is -2.13. The summed E-state index contributed by atoms with van der Waals surface area (Å²) in [5.74, 6) is 0. The summed E-state index contributed by atoms with van der Waals surface area (Å²) >= 11 is 5.41. The van der Waals surface area contributed by atoms with Gasteiger partial charge in [0.2, 0.25) is 0 Å². The van der Waals surface area contributed by atoms with Crippen LogP contribution in [0.2, 0.25) is 0 Å². The second kappa shape index (κ2) is 3.94. The van der Waals surface area contributed by atoms with Crippen molar-refractivity contribution in [3.63, 3.8) is 0 Å². The van der Waals surface area contributed by atoms with Crippen LogP contribution in [0, 0.1) is 0 Å². The molecule has 1 aliphatic rings. The average Bonchev–Trinajstić information content (AvgIpc) is 1.85. The van der Waals surface area contributed by atoms with Crippen LogP contribution in [0.3, 0.4) is 0 Å². The van der Waals surface area contributed by atoms with Gasteiger partial charge in [-0.3, -0.25) is 0 Å². The molecule has 0 amide bonds. The van der Waals surface area contributed by atoms with E-state index in [2.05, 4.69) is 0 Å². The van der Waals surface area contributed by atoms with Gasteiger partial charge in [-0.25, -0.2) is 0 Å². The van der Waals surface area contributed by atoms with E-state index in [9.17, 15) is 8.78 Å². The first-order valence-electron chi connectivity index (χ1n) is 3.82. The van der Waals surface area contributed by atoms with Gasteiger partial charge in [0.25, 0.3) is 0 Å². The van der Waals surface area contributed by atoms with Crippen molar-refractivity contribution in [2.45, 2.75) is 42.1 Å². The summed E-state index contributed by atoms with van der Waals surface area (Å²) in [5, 5.41) is 0.0799. The lowest BCUT2D eigenvalue weighted by atomic mass is 10.0. The minimum atomic E-state index is -3.05. The highest BCUT2D eigenvalue weighted by Crippen LogP contribution is 2.41. The van der Waals surface area contributed by atoms with Gasteiger partial charge in [0.1, 0.15) is 0 Å². The molecular weight excluding hydrogens is 190 g/mol.